The van der Waals surface area contributed by atoms with Crippen molar-refractivity contribution in [2.75, 3.05) is 7.05 Å². The van der Waals surface area contributed by atoms with E-state index in [2.05, 4.69) is 5.32 Å². The number of hydrogen-bond donors (Lipinski definition) is 1. The van der Waals surface area contributed by atoms with Crippen molar-refractivity contribution < 1.29 is 14.3 Å². The number of amides is 1. The summed E-state index contributed by atoms with van der Waals surface area (Å²) in [6, 6.07) is 4.83. The highest BCUT2D eigenvalue weighted by Gasteiger charge is 2.15. The fourth-order valence-electron chi connectivity index (χ4n) is 1.18. The first-order valence-corrected chi connectivity index (χ1v) is 5.10. The normalized spacial score (nSPS) is 11.7. The zero-order valence-electron chi connectivity index (χ0n) is 8.99. The van der Waals surface area contributed by atoms with Gasteiger partial charge in [-0.25, -0.2) is 0 Å². The second-order valence-corrected chi connectivity index (χ2v) is 3.55. The van der Waals surface area contributed by atoms with Gasteiger partial charge in [0.05, 0.1) is 10.6 Å². The smallest absolute Gasteiger partial charge is 0.260 e. The van der Waals surface area contributed by atoms with Crippen molar-refractivity contribution in [3.63, 3.8) is 0 Å². The van der Waals surface area contributed by atoms with Gasteiger partial charge in [-0.3, -0.25) is 9.59 Å². The lowest BCUT2D eigenvalue weighted by molar-refractivity contribution is -0.126. The molecular weight excluding hydrogens is 230 g/mol. The highest BCUT2D eigenvalue weighted by atomic mass is 35.5. The quantitative estimate of drug-likeness (QED) is 0.816. The SMILES string of the molecule is CNC(=O)C(C)Oc1cccc(Cl)c1C=O. The zero-order chi connectivity index (χ0) is 12.1. The Balaban J connectivity index is 2.93. The molecule has 5 heteroatoms. The minimum absolute atomic E-state index is 0.250. The average molecular weight is 242 g/mol. The Hall–Kier alpha value is -1.55. The Bertz CT molecular complexity index is 406. The van der Waals surface area contributed by atoms with Crippen LogP contribution in [0.1, 0.15) is 17.3 Å². The van der Waals surface area contributed by atoms with Gasteiger partial charge >= 0.3 is 0 Å². The van der Waals surface area contributed by atoms with Gasteiger partial charge in [-0.05, 0) is 19.1 Å². The monoisotopic (exact) mass is 241 g/mol. The van der Waals surface area contributed by atoms with Gasteiger partial charge in [-0.15, -0.1) is 0 Å². The number of carbonyl (C=O) groups excluding carboxylic acids is 2. The molecule has 0 heterocycles. The summed E-state index contributed by atoms with van der Waals surface area (Å²) >= 11 is 5.81. The van der Waals surface area contributed by atoms with Gasteiger partial charge in [0.25, 0.3) is 5.91 Å². The maximum Gasteiger partial charge on any atom is 0.260 e. The van der Waals surface area contributed by atoms with E-state index >= 15 is 0 Å². The summed E-state index contributed by atoms with van der Waals surface area (Å²) in [6.45, 7) is 1.59. The molecule has 86 valence electrons. The molecule has 1 aromatic rings. The molecule has 0 saturated heterocycles. The van der Waals surface area contributed by atoms with Crippen molar-refractivity contribution in [1.29, 1.82) is 0 Å². The molecule has 0 saturated carbocycles. The maximum absolute atomic E-state index is 11.2. The van der Waals surface area contributed by atoms with E-state index in [-0.39, 0.29) is 11.5 Å². The number of rotatable bonds is 4. The Morgan fingerprint density at radius 1 is 1.56 bits per heavy atom. The molecule has 1 unspecified atom stereocenters. The molecule has 0 aromatic heterocycles. The molecule has 0 aliphatic heterocycles. The largest absolute Gasteiger partial charge is 0.480 e. The molecule has 0 aliphatic rings. The van der Waals surface area contributed by atoms with Crippen molar-refractivity contribution in [3.05, 3.63) is 28.8 Å². The lowest BCUT2D eigenvalue weighted by Crippen LogP contribution is -2.33. The minimum atomic E-state index is -0.679. The second kappa shape index (κ2) is 5.51. The van der Waals surface area contributed by atoms with Crippen molar-refractivity contribution in [2.45, 2.75) is 13.0 Å². The number of benzene rings is 1. The van der Waals surface area contributed by atoms with Crippen LogP contribution in [0, 0.1) is 0 Å². The molecule has 0 aliphatic carbocycles. The molecular formula is C11H12ClNO3. The number of likely N-dealkylation sites (N-methyl/N-ethyl adjacent to an activating group) is 1. The van der Waals surface area contributed by atoms with Crippen molar-refractivity contribution in [3.8, 4) is 5.75 Å². The van der Waals surface area contributed by atoms with Crippen LogP contribution in [-0.4, -0.2) is 25.3 Å². The second-order valence-electron chi connectivity index (χ2n) is 3.14. The van der Waals surface area contributed by atoms with E-state index in [1.807, 2.05) is 0 Å². The fraction of sp³-hybridized carbons (Fsp3) is 0.273. The van der Waals surface area contributed by atoms with Crippen LogP contribution in [0.15, 0.2) is 18.2 Å². The topological polar surface area (TPSA) is 55.4 Å². The first-order valence-electron chi connectivity index (χ1n) is 4.72. The number of nitrogens with one attached hydrogen (secondary N) is 1. The molecule has 1 amide bonds. The van der Waals surface area contributed by atoms with Gasteiger partial charge in [-0.1, -0.05) is 17.7 Å². The Morgan fingerprint density at radius 2 is 2.25 bits per heavy atom. The van der Waals surface area contributed by atoms with Gasteiger partial charge in [0.1, 0.15) is 5.75 Å². The summed E-state index contributed by atoms with van der Waals surface area (Å²) in [5.74, 6) is 0.0374. The Labute approximate surface area is 98.5 Å². The van der Waals surface area contributed by atoms with Crippen molar-refractivity contribution in [2.24, 2.45) is 0 Å². The lowest BCUT2D eigenvalue weighted by Gasteiger charge is -2.14. The molecule has 16 heavy (non-hydrogen) atoms. The van der Waals surface area contributed by atoms with Gasteiger partial charge in [0, 0.05) is 7.05 Å². The van der Waals surface area contributed by atoms with Gasteiger partial charge in [-0.2, -0.15) is 0 Å². The summed E-state index contributed by atoms with van der Waals surface area (Å²) in [4.78, 5) is 22.0. The third-order valence-electron chi connectivity index (χ3n) is 2.05. The van der Waals surface area contributed by atoms with Gasteiger partial charge in [0.15, 0.2) is 12.4 Å². The highest BCUT2D eigenvalue weighted by molar-refractivity contribution is 6.33. The minimum Gasteiger partial charge on any atom is -0.480 e. The average Bonchev–Trinajstić information content (AvgIpc) is 2.28. The highest BCUT2D eigenvalue weighted by Crippen LogP contribution is 2.25. The van der Waals surface area contributed by atoms with E-state index in [4.69, 9.17) is 16.3 Å². The van der Waals surface area contributed by atoms with Gasteiger partial charge in [0.2, 0.25) is 0 Å². The Kier molecular flexibility index (Phi) is 4.31. The molecule has 4 nitrogen and oxygen atoms in total. The maximum atomic E-state index is 11.2. The lowest BCUT2D eigenvalue weighted by atomic mass is 10.2. The van der Waals surface area contributed by atoms with E-state index < -0.39 is 6.10 Å². The zero-order valence-corrected chi connectivity index (χ0v) is 9.75. The number of aldehydes is 1. The predicted molar refractivity (Wildman–Crippen MR) is 61.0 cm³/mol. The van der Waals surface area contributed by atoms with E-state index in [0.29, 0.717) is 17.1 Å². The van der Waals surface area contributed by atoms with Crippen LogP contribution in [0.2, 0.25) is 5.02 Å². The first-order chi connectivity index (χ1) is 7.60. The van der Waals surface area contributed by atoms with Crippen LogP contribution in [0.4, 0.5) is 0 Å². The van der Waals surface area contributed by atoms with Crippen LogP contribution in [0.25, 0.3) is 0 Å². The van der Waals surface area contributed by atoms with E-state index in [1.54, 1.807) is 25.1 Å². The number of hydrogen-bond acceptors (Lipinski definition) is 3. The molecule has 1 atom stereocenters. The summed E-state index contributed by atoms with van der Waals surface area (Å²) in [5.41, 5.74) is 0.250. The fourth-order valence-corrected chi connectivity index (χ4v) is 1.39. The number of carbonyl (C=O) groups is 2. The summed E-state index contributed by atoms with van der Waals surface area (Å²) in [6.07, 6.45) is -0.0732. The molecule has 1 aromatic carbocycles. The molecule has 0 radical (unpaired) electrons. The van der Waals surface area contributed by atoms with Crippen LogP contribution in [-0.2, 0) is 4.79 Å². The molecule has 1 rings (SSSR count). The van der Waals surface area contributed by atoms with E-state index in [9.17, 15) is 9.59 Å². The van der Waals surface area contributed by atoms with Gasteiger partial charge < -0.3 is 10.1 Å². The Morgan fingerprint density at radius 3 is 2.81 bits per heavy atom. The van der Waals surface area contributed by atoms with E-state index in [1.165, 1.54) is 7.05 Å². The standard InChI is InChI=1S/C11H12ClNO3/c1-7(11(15)13-2)16-10-5-3-4-9(12)8(10)6-14/h3-7H,1-2H3,(H,13,15). The number of halogens is 1. The number of ether oxygens (including phenoxy) is 1. The van der Waals surface area contributed by atoms with Crippen LogP contribution < -0.4 is 10.1 Å². The molecule has 0 fully saturated rings. The first kappa shape index (κ1) is 12.5. The van der Waals surface area contributed by atoms with Crippen LogP contribution >= 0.6 is 11.6 Å². The predicted octanol–water partition coefficient (Wildman–Crippen LogP) is 1.67. The van der Waals surface area contributed by atoms with Crippen LogP contribution in [0.5, 0.6) is 5.75 Å². The molecule has 0 bridgehead atoms. The van der Waals surface area contributed by atoms with Crippen LogP contribution in [0.3, 0.4) is 0 Å². The van der Waals surface area contributed by atoms with Crippen molar-refractivity contribution >= 4 is 23.8 Å². The third-order valence-corrected chi connectivity index (χ3v) is 2.38. The molecule has 0 spiro atoms. The third kappa shape index (κ3) is 2.73. The van der Waals surface area contributed by atoms with E-state index in [0.717, 1.165) is 0 Å². The summed E-state index contributed by atoms with van der Waals surface area (Å²) in [5, 5.41) is 2.75. The summed E-state index contributed by atoms with van der Waals surface area (Å²) < 4.78 is 5.34. The molecule has 1 N–H and O–H groups in total. The van der Waals surface area contributed by atoms with Crippen molar-refractivity contribution in [1.82, 2.24) is 5.32 Å². The summed E-state index contributed by atoms with van der Waals surface area (Å²) in [7, 11) is 1.51.